The van der Waals surface area contributed by atoms with Gasteiger partial charge in [0.25, 0.3) is 0 Å². The summed E-state index contributed by atoms with van der Waals surface area (Å²) in [6, 6.07) is 1.52. The Balaban J connectivity index is 0.00000162. The fourth-order valence-corrected chi connectivity index (χ4v) is 2.06. The van der Waals surface area contributed by atoms with Gasteiger partial charge in [0.15, 0.2) is 0 Å². The van der Waals surface area contributed by atoms with Crippen LogP contribution in [0.2, 0.25) is 0 Å². The van der Waals surface area contributed by atoms with Crippen LogP contribution in [0.3, 0.4) is 0 Å². The molecule has 1 amide bonds. The Morgan fingerprint density at radius 1 is 1.58 bits per heavy atom. The predicted octanol–water partition coefficient (Wildman–Crippen LogP) is 1.53. The molecule has 0 saturated heterocycles. The number of nitrogens with zero attached hydrogens (tertiary/aromatic N) is 2. The molecule has 5 nitrogen and oxygen atoms in total. The number of hydrogen-bond acceptors (Lipinski definition) is 3. The Morgan fingerprint density at radius 3 is 2.63 bits per heavy atom. The summed E-state index contributed by atoms with van der Waals surface area (Å²) in [6.07, 6.45) is 5.78. The lowest BCUT2D eigenvalue weighted by Crippen LogP contribution is -2.54. The second-order valence-electron chi connectivity index (χ2n) is 5.05. The van der Waals surface area contributed by atoms with E-state index >= 15 is 0 Å². The molecule has 1 fully saturated rings. The molecule has 2 atom stereocenters. The minimum atomic E-state index is -0.297. The van der Waals surface area contributed by atoms with Gasteiger partial charge in [-0.25, -0.2) is 0 Å². The summed E-state index contributed by atoms with van der Waals surface area (Å²) in [5.74, 6) is 0.509. The van der Waals surface area contributed by atoms with Gasteiger partial charge in [-0.15, -0.1) is 24.8 Å². The van der Waals surface area contributed by atoms with Crippen LogP contribution >= 0.6 is 24.8 Å². The predicted molar refractivity (Wildman–Crippen MR) is 79.8 cm³/mol. The summed E-state index contributed by atoms with van der Waals surface area (Å²) in [4.78, 5) is 12.1. The van der Waals surface area contributed by atoms with Crippen molar-refractivity contribution in [3.63, 3.8) is 0 Å². The van der Waals surface area contributed by atoms with Crippen LogP contribution in [0.4, 0.5) is 0 Å². The number of carbonyl (C=O) groups is 1. The molecule has 110 valence electrons. The monoisotopic (exact) mass is 308 g/mol. The number of halogens is 2. The highest BCUT2D eigenvalue weighted by Crippen LogP contribution is 2.39. The first kappa shape index (κ1) is 18.2. The third kappa shape index (κ3) is 4.09. The smallest absolute Gasteiger partial charge is 0.245 e. The Bertz CT molecular complexity index is 394. The van der Waals surface area contributed by atoms with Gasteiger partial charge in [0.2, 0.25) is 5.91 Å². The van der Waals surface area contributed by atoms with Crippen molar-refractivity contribution in [3.8, 4) is 0 Å². The number of carbonyl (C=O) groups excluding carboxylic acids is 1. The first-order chi connectivity index (χ1) is 8.07. The standard InChI is InChI=1S/C12H20N4O.2ClH/c1-9(16-7-3-6-14-16)11(17)15-12(2,8-13)10-4-5-10;;/h3,6-7,9-10H,4-5,8,13H2,1-2H3,(H,15,17);2*1H. The highest BCUT2D eigenvalue weighted by Gasteiger charge is 2.42. The van der Waals surface area contributed by atoms with Crippen molar-refractivity contribution in [1.29, 1.82) is 0 Å². The minimum Gasteiger partial charge on any atom is -0.348 e. The molecule has 0 radical (unpaired) electrons. The molecular weight excluding hydrogens is 287 g/mol. The van der Waals surface area contributed by atoms with Crippen LogP contribution in [0, 0.1) is 5.92 Å². The van der Waals surface area contributed by atoms with E-state index in [4.69, 9.17) is 5.73 Å². The molecule has 0 spiro atoms. The van der Waals surface area contributed by atoms with E-state index in [2.05, 4.69) is 10.4 Å². The van der Waals surface area contributed by atoms with Gasteiger partial charge in [-0.05, 0) is 38.7 Å². The SMILES string of the molecule is CC(C(=O)NC(C)(CN)C1CC1)n1cccn1.Cl.Cl. The van der Waals surface area contributed by atoms with E-state index in [1.807, 2.05) is 19.9 Å². The summed E-state index contributed by atoms with van der Waals surface area (Å²) < 4.78 is 1.65. The number of nitrogens with two attached hydrogens (primary N) is 1. The van der Waals surface area contributed by atoms with Crippen LogP contribution < -0.4 is 11.1 Å². The van der Waals surface area contributed by atoms with E-state index in [0.717, 1.165) is 12.8 Å². The van der Waals surface area contributed by atoms with Gasteiger partial charge in [0.1, 0.15) is 6.04 Å². The summed E-state index contributed by atoms with van der Waals surface area (Å²) >= 11 is 0. The largest absolute Gasteiger partial charge is 0.348 e. The maximum Gasteiger partial charge on any atom is 0.245 e. The van der Waals surface area contributed by atoms with Crippen molar-refractivity contribution in [2.75, 3.05) is 6.54 Å². The Kier molecular flexibility index (Phi) is 6.83. The van der Waals surface area contributed by atoms with E-state index in [1.54, 1.807) is 17.1 Å². The minimum absolute atomic E-state index is 0. The van der Waals surface area contributed by atoms with Crippen LogP contribution in [0.15, 0.2) is 18.5 Å². The summed E-state index contributed by atoms with van der Waals surface area (Å²) in [7, 11) is 0. The molecule has 2 unspecified atom stereocenters. The zero-order valence-corrected chi connectivity index (χ0v) is 12.8. The van der Waals surface area contributed by atoms with Crippen LogP contribution in [-0.2, 0) is 4.79 Å². The normalized spacial score (nSPS) is 18.5. The molecule has 7 heteroatoms. The highest BCUT2D eigenvalue weighted by molar-refractivity contribution is 5.85. The molecule has 1 aromatic heterocycles. The van der Waals surface area contributed by atoms with Crippen LogP contribution in [0.5, 0.6) is 0 Å². The molecule has 0 aromatic carbocycles. The number of aromatic nitrogens is 2. The van der Waals surface area contributed by atoms with Gasteiger partial charge in [-0.3, -0.25) is 9.48 Å². The third-order valence-corrected chi connectivity index (χ3v) is 3.61. The van der Waals surface area contributed by atoms with Crippen molar-refractivity contribution in [2.24, 2.45) is 11.7 Å². The third-order valence-electron chi connectivity index (χ3n) is 3.61. The first-order valence-electron chi connectivity index (χ1n) is 6.08. The van der Waals surface area contributed by atoms with Crippen molar-refractivity contribution in [2.45, 2.75) is 38.3 Å². The topological polar surface area (TPSA) is 72.9 Å². The molecule has 1 aliphatic rings. The number of nitrogens with one attached hydrogen (secondary N) is 1. The van der Waals surface area contributed by atoms with Crippen molar-refractivity contribution in [3.05, 3.63) is 18.5 Å². The molecule has 3 N–H and O–H groups in total. The van der Waals surface area contributed by atoms with Crippen molar-refractivity contribution < 1.29 is 4.79 Å². The maximum absolute atomic E-state index is 12.1. The highest BCUT2D eigenvalue weighted by atomic mass is 35.5. The lowest BCUT2D eigenvalue weighted by Gasteiger charge is -2.30. The molecule has 1 aromatic rings. The van der Waals surface area contributed by atoms with E-state index < -0.39 is 0 Å². The second kappa shape index (κ2) is 7.12. The Labute approximate surface area is 126 Å². The average Bonchev–Trinajstić information content (AvgIpc) is 3.05. The second-order valence-corrected chi connectivity index (χ2v) is 5.05. The molecule has 1 saturated carbocycles. The van der Waals surface area contributed by atoms with Gasteiger partial charge in [0.05, 0.1) is 5.54 Å². The van der Waals surface area contributed by atoms with E-state index in [-0.39, 0.29) is 42.3 Å². The summed E-state index contributed by atoms with van der Waals surface area (Å²) in [6.45, 7) is 4.35. The molecular formula is C12H22Cl2N4O. The zero-order chi connectivity index (χ0) is 12.5. The first-order valence-corrected chi connectivity index (χ1v) is 6.08. The molecule has 0 bridgehead atoms. The fraction of sp³-hybridized carbons (Fsp3) is 0.667. The van der Waals surface area contributed by atoms with Gasteiger partial charge < -0.3 is 11.1 Å². The summed E-state index contributed by atoms with van der Waals surface area (Å²) in [5, 5.41) is 7.15. The molecule has 19 heavy (non-hydrogen) atoms. The van der Waals surface area contributed by atoms with Gasteiger partial charge >= 0.3 is 0 Å². The molecule has 2 rings (SSSR count). The fourth-order valence-electron chi connectivity index (χ4n) is 2.06. The number of hydrogen-bond donors (Lipinski definition) is 2. The van der Waals surface area contributed by atoms with E-state index in [9.17, 15) is 4.79 Å². The summed E-state index contributed by atoms with van der Waals surface area (Å²) in [5.41, 5.74) is 5.51. The lowest BCUT2D eigenvalue weighted by atomic mass is 9.95. The quantitative estimate of drug-likeness (QED) is 0.866. The number of rotatable bonds is 5. The van der Waals surface area contributed by atoms with Gasteiger partial charge in [0, 0.05) is 18.9 Å². The Hall–Kier alpha value is -0.780. The average molecular weight is 309 g/mol. The Morgan fingerprint density at radius 2 is 2.21 bits per heavy atom. The zero-order valence-electron chi connectivity index (χ0n) is 11.2. The van der Waals surface area contributed by atoms with Crippen molar-refractivity contribution >= 4 is 30.7 Å². The van der Waals surface area contributed by atoms with Crippen LogP contribution in [0.25, 0.3) is 0 Å². The van der Waals surface area contributed by atoms with Gasteiger partial charge in [-0.2, -0.15) is 5.10 Å². The number of amides is 1. The van der Waals surface area contributed by atoms with E-state index in [0.29, 0.717) is 12.5 Å². The molecule has 0 aliphatic heterocycles. The lowest BCUT2D eigenvalue weighted by molar-refractivity contribution is -0.126. The maximum atomic E-state index is 12.1. The molecule has 1 heterocycles. The van der Waals surface area contributed by atoms with Crippen LogP contribution in [-0.4, -0.2) is 27.8 Å². The van der Waals surface area contributed by atoms with Crippen LogP contribution in [0.1, 0.15) is 32.7 Å². The van der Waals surface area contributed by atoms with E-state index in [1.165, 1.54) is 0 Å². The van der Waals surface area contributed by atoms with Crippen molar-refractivity contribution in [1.82, 2.24) is 15.1 Å². The molecule has 1 aliphatic carbocycles. The van der Waals surface area contributed by atoms with Gasteiger partial charge in [-0.1, -0.05) is 0 Å².